The Morgan fingerprint density at radius 3 is 1.47 bits per heavy atom. The van der Waals surface area contributed by atoms with Crippen molar-refractivity contribution < 1.29 is 30.0 Å². The molecule has 58 heavy (non-hydrogen) atoms. The number of carboxylic acids is 2. The molecule has 0 spiro atoms. The molecule has 288 valence electrons. The van der Waals surface area contributed by atoms with Gasteiger partial charge < -0.3 is 20.4 Å². The number of thioether (sulfide) groups is 2. The van der Waals surface area contributed by atoms with E-state index in [1.165, 1.54) is 44.4 Å². The Balaban J connectivity index is 0.000000177. The summed E-state index contributed by atoms with van der Waals surface area (Å²) in [7, 11) is 0. The van der Waals surface area contributed by atoms with Gasteiger partial charge in [-0.25, -0.2) is 9.59 Å². The number of benzene rings is 6. The highest BCUT2D eigenvalue weighted by molar-refractivity contribution is 8.00. The van der Waals surface area contributed by atoms with E-state index >= 15 is 0 Å². The summed E-state index contributed by atoms with van der Waals surface area (Å²) in [6.07, 6.45) is 5.52. The number of hydrogen-bond donors (Lipinski definition) is 4. The zero-order valence-electron chi connectivity index (χ0n) is 31.8. The Morgan fingerprint density at radius 1 is 0.500 bits per heavy atom. The molecule has 0 unspecified atom stereocenters. The summed E-state index contributed by atoms with van der Waals surface area (Å²) in [6.45, 7) is 4.22. The molecule has 0 bridgehead atoms. The van der Waals surface area contributed by atoms with Gasteiger partial charge in [-0.05, 0) is 147 Å². The van der Waals surface area contributed by atoms with Crippen LogP contribution in [0.5, 0.6) is 11.5 Å². The number of aliphatic carboxylic acids is 2. The number of phenolic OH excluding ortho intramolecular Hbond substituents is 2. The molecule has 8 rings (SSSR count). The number of aromatic hydroxyl groups is 2. The van der Waals surface area contributed by atoms with E-state index in [0.29, 0.717) is 5.75 Å². The summed E-state index contributed by atoms with van der Waals surface area (Å²) in [6, 6.07) is 43.6. The van der Waals surface area contributed by atoms with Crippen LogP contribution in [0.15, 0.2) is 155 Å². The molecule has 8 heteroatoms. The van der Waals surface area contributed by atoms with Crippen LogP contribution in [0.2, 0.25) is 0 Å². The van der Waals surface area contributed by atoms with Gasteiger partial charge in [0.1, 0.15) is 11.5 Å². The van der Waals surface area contributed by atoms with Crippen molar-refractivity contribution in [3.8, 4) is 11.5 Å². The van der Waals surface area contributed by atoms with Crippen molar-refractivity contribution in [3.63, 3.8) is 0 Å². The van der Waals surface area contributed by atoms with Gasteiger partial charge in [-0.1, -0.05) is 90.5 Å². The second-order valence-electron chi connectivity index (χ2n) is 14.0. The average molecular weight is 801 g/mol. The van der Waals surface area contributed by atoms with Gasteiger partial charge in [0, 0.05) is 33.4 Å². The van der Waals surface area contributed by atoms with Crippen LogP contribution in [0.3, 0.4) is 0 Å². The molecule has 2 heterocycles. The fourth-order valence-corrected chi connectivity index (χ4v) is 9.37. The van der Waals surface area contributed by atoms with Crippen molar-refractivity contribution >= 4 is 69.9 Å². The third-order valence-corrected chi connectivity index (χ3v) is 12.0. The van der Waals surface area contributed by atoms with Crippen LogP contribution in [0.25, 0.3) is 34.4 Å². The van der Waals surface area contributed by atoms with Crippen molar-refractivity contribution in [2.24, 2.45) is 0 Å². The molecule has 0 aromatic heterocycles. The van der Waals surface area contributed by atoms with Crippen molar-refractivity contribution in [1.29, 1.82) is 0 Å². The quantitative estimate of drug-likeness (QED) is 0.113. The fourth-order valence-electron chi connectivity index (χ4n) is 7.02. The van der Waals surface area contributed by atoms with Gasteiger partial charge in [-0.3, -0.25) is 0 Å². The minimum atomic E-state index is -0.991. The molecule has 6 aromatic carbocycles. The van der Waals surface area contributed by atoms with Gasteiger partial charge in [-0.2, -0.15) is 0 Å². The van der Waals surface area contributed by atoms with E-state index in [1.807, 2.05) is 66.4 Å². The van der Waals surface area contributed by atoms with Crippen molar-refractivity contribution in [1.82, 2.24) is 0 Å². The minimum Gasteiger partial charge on any atom is -0.508 e. The summed E-state index contributed by atoms with van der Waals surface area (Å²) in [5, 5.41) is 37.4. The first-order valence-electron chi connectivity index (χ1n) is 18.6. The molecular weight excluding hydrogens is 761 g/mol. The summed E-state index contributed by atoms with van der Waals surface area (Å²) in [5.74, 6) is 0.127. The Hall–Kier alpha value is -6.48. The zero-order valence-corrected chi connectivity index (χ0v) is 33.5. The molecule has 2 aliphatic rings. The summed E-state index contributed by atoms with van der Waals surface area (Å²) in [4.78, 5) is 24.1. The first-order valence-corrected chi connectivity index (χ1v) is 20.5. The van der Waals surface area contributed by atoms with E-state index in [0.717, 1.165) is 61.3 Å². The number of aryl methyl sites for hydroxylation is 2. The number of carboxylic acid groups (broad SMARTS) is 2. The lowest BCUT2D eigenvalue weighted by Gasteiger charge is -2.25. The van der Waals surface area contributed by atoms with Crippen LogP contribution in [-0.4, -0.2) is 43.9 Å². The van der Waals surface area contributed by atoms with E-state index in [2.05, 4.69) is 68.4 Å². The third kappa shape index (κ3) is 9.37. The van der Waals surface area contributed by atoms with Crippen LogP contribution in [0.4, 0.5) is 0 Å². The fraction of sp³-hybridized carbons (Fsp3) is 0.0800. The molecule has 0 saturated heterocycles. The summed E-state index contributed by atoms with van der Waals surface area (Å²) >= 11 is 3.53. The largest absolute Gasteiger partial charge is 0.508 e. The van der Waals surface area contributed by atoms with Gasteiger partial charge in [0.15, 0.2) is 0 Å². The number of hydrogen-bond acceptors (Lipinski definition) is 6. The highest BCUT2D eigenvalue weighted by Crippen LogP contribution is 2.46. The first kappa shape index (κ1) is 39.7. The highest BCUT2D eigenvalue weighted by Gasteiger charge is 2.24. The van der Waals surface area contributed by atoms with Gasteiger partial charge in [-0.15, -0.1) is 23.5 Å². The van der Waals surface area contributed by atoms with Gasteiger partial charge >= 0.3 is 11.9 Å². The molecular formula is C50H40O6S2. The molecule has 6 nitrogen and oxygen atoms in total. The SMILES string of the molecule is Cc1ccc(C2=C(c3cccc(/C=C/C(=O)O)c3)c3ccc(C)cc3SC2)cc1.O=C(O)/C=C/c1cccc(C2=C(c3ccc(O)cc3)CSc3cc(O)ccc32)c1. The van der Waals surface area contributed by atoms with Crippen molar-refractivity contribution in [2.75, 3.05) is 11.5 Å². The maximum absolute atomic E-state index is 10.9. The monoisotopic (exact) mass is 800 g/mol. The zero-order chi connectivity index (χ0) is 40.8. The second kappa shape index (κ2) is 17.8. The summed E-state index contributed by atoms with van der Waals surface area (Å²) < 4.78 is 0. The molecule has 0 amide bonds. The van der Waals surface area contributed by atoms with Crippen LogP contribution >= 0.6 is 23.5 Å². The molecule has 0 saturated carbocycles. The lowest BCUT2D eigenvalue weighted by atomic mass is 9.88. The van der Waals surface area contributed by atoms with Crippen molar-refractivity contribution in [3.05, 3.63) is 201 Å². The van der Waals surface area contributed by atoms with Gasteiger partial charge in [0.05, 0.1) is 0 Å². The van der Waals surface area contributed by atoms with Gasteiger partial charge in [0.25, 0.3) is 0 Å². The number of rotatable bonds is 8. The van der Waals surface area contributed by atoms with Crippen LogP contribution in [0, 0.1) is 13.8 Å². The highest BCUT2D eigenvalue weighted by atomic mass is 32.2. The lowest BCUT2D eigenvalue weighted by Crippen LogP contribution is -2.04. The van der Waals surface area contributed by atoms with E-state index < -0.39 is 11.9 Å². The molecule has 0 radical (unpaired) electrons. The van der Waals surface area contributed by atoms with E-state index in [4.69, 9.17) is 10.2 Å². The molecule has 6 aromatic rings. The Labute approximate surface area is 346 Å². The van der Waals surface area contributed by atoms with E-state index in [9.17, 15) is 19.8 Å². The Bertz CT molecular complexity index is 2470. The Morgan fingerprint density at radius 2 is 0.948 bits per heavy atom. The van der Waals surface area contributed by atoms with Crippen LogP contribution in [0.1, 0.15) is 55.6 Å². The summed E-state index contributed by atoms with van der Waals surface area (Å²) in [5.41, 5.74) is 15.4. The Kier molecular flexibility index (Phi) is 12.2. The third-order valence-electron chi connectivity index (χ3n) is 9.79. The standard InChI is InChI=1S/C26H22O2S.C24H18O4S/c1-17-6-10-20(11-7-17)23-16-29-24-14-18(2)8-12-22(24)26(23)21-5-3-4-19(15-21)9-13-25(27)28;25-18-7-5-16(6-8-18)21-14-29-22-13-19(26)9-10-20(22)24(21)17-3-1-2-15(12-17)4-11-23(27)28/h3-15H,16H2,1-2H3,(H,27,28);1-13,25-26H,14H2,(H,27,28)/b13-9+;11-4+. The molecule has 0 aliphatic carbocycles. The maximum atomic E-state index is 10.9. The van der Waals surface area contributed by atoms with Crippen LogP contribution in [-0.2, 0) is 9.59 Å². The average Bonchev–Trinajstić information content (AvgIpc) is 3.22. The maximum Gasteiger partial charge on any atom is 0.328 e. The normalized spacial score (nSPS) is 13.6. The molecule has 0 atom stereocenters. The van der Waals surface area contributed by atoms with Crippen LogP contribution < -0.4 is 0 Å². The van der Waals surface area contributed by atoms with E-state index in [-0.39, 0.29) is 11.5 Å². The lowest BCUT2D eigenvalue weighted by molar-refractivity contribution is -0.132. The van der Waals surface area contributed by atoms with Gasteiger partial charge in [0.2, 0.25) is 0 Å². The number of phenols is 2. The number of carbonyl (C=O) groups is 2. The molecule has 4 N–H and O–H groups in total. The van der Waals surface area contributed by atoms with Crippen molar-refractivity contribution in [2.45, 2.75) is 23.6 Å². The topological polar surface area (TPSA) is 115 Å². The predicted molar refractivity (Wildman–Crippen MR) is 238 cm³/mol. The molecule has 2 aliphatic heterocycles. The predicted octanol–water partition coefficient (Wildman–Crippen LogP) is 11.7. The number of fused-ring (bicyclic) bond motifs is 2. The first-order chi connectivity index (χ1) is 28.0. The molecule has 0 fully saturated rings. The van der Waals surface area contributed by atoms with E-state index in [1.54, 1.807) is 48.2 Å². The minimum absolute atomic E-state index is 0.213. The second-order valence-corrected chi connectivity index (χ2v) is 16.0. The smallest absolute Gasteiger partial charge is 0.328 e.